The molecule has 1 unspecified atom stereocenters. The number of ether oxygens (including phenoxy) is 1. The Bertz CT molecular complexity index is 580. The van der Waals surface area contributed by atoms with Gasteiger partial charge in [-0.15, -0.1) is 0 Å². The van der Waals surface area contributed by atoms with Crippen molar-refractivity contribution in [1.82, 2.24) is 10.2 Å². The molecule has 0 saturated heterocycles. The highest BCUT2D eigenvalue weighted by Crippen LogP contribution is 2.08. The van der Waals surface area contributed by atoms with Gasteiger partial charge in [-0.3, -0.25) is 9.59 Å². The van der Waals surface area contributed by atoms with Gasteiger partial charge in [-0.25, -0.2) is 4.79 Å². The van der Waals surface area contributed by atoms with Crippen LogP contribution in [0.3, 0.4) is 0 Å². The summed E-state index contributed by atoms with van der Waals surface area (Å²) in [6.07, 6.45) is 0.495. The molecule has 0 aliphatic rings. The number of aliphatic carboxylic acids is 1. The number of thioether (sulfide) groups is 1. The molecular formula is C18H26N2O5S. The number of nitrogens with zero attached hydrogens (tertiary/aromatic N) is 1. The van der Waals surface area contributed by atoms with Crippen LogP contribution in [0, 0.1) is 0 Å². The molecule has 26 heavy (non-hydrogen) atoms. The summed E-state index contributed by atoms with van der Waals surface area (Å²) in [5.74, 6) is -1.13. The van der Waals surface area contributed by atoms with E-state index in [2.05, 4.69) is 5.32 Å². The number of nitrogens with one attached hydrogen (secondary N) is 1. The summed E-state index contributed by atoms with van der Waals surface area (Å²) in [7, 11) is 3.69. The number of carboxylic acid groups (broad SMARTS) is 1. The molecule has 0 aliphatic carbocycles. The summed E-state index contributed by atoms with van der Waals surface area (Å²) in [5, 5.41) is 11.7. The van der Waals surface area contributed by atoms with Gasteiger partial charge >= 0.3 is 11.9 Å². The quantitative estimate of drug-likeness (QED) is 0.416. The van der Waals surface area contributed by atoms with Gasteiger partial charge in [0.05, 0.1) is 5.75 Å². The molecule has 2 N–H and O–H groups in total. The third-order valence-electron chi connectivity index (χ3n) is 3.43. The Morgan fingerprint density at radius 2 is 1.92 bits per heavy atom. The fourth-order valence-electron chi connectivity index (χ4n) is 1.99. The maximum atomic E-state index is 11.7. The summed E-state index contributed by atoms with van der Waals surface area (Å²) >= 11 is 1.29. The highest BCUT2D eigenvalue weighted by molar-refractivity contribution is 7.99. The predicted molar refractivity (Wildman–Crippen MR) is 101 cm³/mol. The fraction of sp³-hybridized carbons (Fsp3) is 0.500. The van der Waals surface area contributed by atoms with Crippen molar-refractivity contribution in [3.63, 3.8) is 0 Å². The average molecular weight is 382 g/mol. The summed E-state index contributed by atoms with van der Waals surface area (Å²) in [4.78, 5) is 36.5. The lowest BCUT2D eigenvalue weighted by molar-refractivity contribution is -0.142. The van der Waals surface area contributed by atoms with Crippen LogP contribution < -0.4 is 5.32 Å². The van der Waals surface area contributed by atoms with Gasteiger partial charge in [0.15, 0.2) is 0 Å². The Morgan fingerprint density at radius 3 is 2.54 bits per heavy atom. The van der Waals surface area contributed by atoms with Crippen molar-refractivity contribution in [1.29, 1.82) is 0 Å². The Hall–Kier alpha value is -2.06. The SMILES string of the molecule is CN(C)CCC(=O)NC(CCSCC(=O)OCc1ccccc1)C(=O)O. The lowest BCUT2D eigenvalue weighted by Crippen LogP contribution is -2.42. The van der Waals surface area contributed by atoms with E-state index in [9.17, 15) is 19.5 Å². The second kappa shape index (κ2) is 12.3. The summed E-state index contributed by atoms with van der Waals surface area (Å²) < 4.78 is 5.15. The molecule has 0 heterocycles. The van der Waals surface area contributed by atoms with Crippen molar-refractivity contribution in [2.24, 2.45) is 0 Å². The monoisotopic (exact) mass is 382 g/mol. The van der Waals surface area contributed by atoms with Gasteiger partial charge in [0.1, 0.15) is 12.6 Å². The van der Waals surface area contributed by atoms with Crippen molar-refractivity contribution in [2.75, 3.05) is 32.1 Å². The van der Waals surface area contributed by atoms with Crippen LogP contribution >= 0.6 is 11.8 Å². The lowest BCUT2D eigenvalue weighted by Gasteiger charge is -2.15. The second-order valence-corrected chi connectivity index (χ2v) is 7.10. The highest BCUT2D eigenvalue weighted by atomic mass is 32.2. The first kappa shape index (κ1) is 22.0. The van der Waals surface area contributed by atoms with Crippen LogP contribution in [-0.4, -0.2) is 66.0 Å². The highest BCUT2D eigenvalue weighted by Gasteiger charge is 2.19. The van der Waals surface area contributed by atoms with Gasteiger partial charge in [0.25, 0.3) is 0 Å². The zero-order valence-corrected chi connectivity index (χ0v) is 16.0. The van der Waals surface area contributed by atoms with Crippen LogP contribution in [-0.2, 0) is 25.7 Å². The number of carboxylic acids is 1. The van der Waals surface area contributed by atoms with Gasteiger partial charge in [-0.2, -0.15) is 11.8 Å². The van der Waals surface area contributed by atoms with Crippen molar-refractivity contribution < 1.29 is 24.2 Å². The van der Waals surface area contributed by atoms with E-state index in [0.29, 0.717) is 12.3 Å². The predicted octanol–water partition coefficient (Wildman–Crippen LogP) is 1.37. The minimum absolute atomic E-state index is 0.147. The first-order valence-electron chi connectivity index (χ1n) is 8.32. The van der Waals surface area contributed by atoms with E-state index in [1.165, 1.54) is 11.8 Å². The van der Waals surface area contributed by atoms with Crippen molar-refractivity contribution in [2.45, 2.75) is 25.5 Å². The number of amides is 1. The number of hydrogen-bond acceptors (Lipinski definition) is 6. The molecule has 1 aromatic carbocycles. The number of rotatable bonds is 12. The van der Waals surface area contributed by atoms with Crippen LogP contribution in [0.1, 0.15) is 18.4 Å². The third-order valence-corrected chi connectivity index (χ3v) is 4.40. The van der Waals surface area contributed by atoms with E-state index in [1.807, 2.05) is 49.3 Å². The first-order valence-corrected chi connectivity index (χ1v) is 9.48. The summed E-state index contributed by atoms with van der Waals surface area (Å²) in [6.45, 7) is 0.778. The lowest BCUT2D eigenvalue weighted by atomic mass is 10.2. The molecule has 0 bridgehead atoms. The molecule has 1 rings (SSSR count). The van der Waals surface area contributed by atoms with E-state index in [-0.39, 0.29) is 37.1 Å². The van der Waals surface area contributed by atoms with Crippen LogP contribution in [0.2, 0.25) is 0 Å². The maximum Gasteiger partial charge on any atom is 0.326 e. The Labute approximate surface area is 158 Å². The fourth-order valence-corrected chi connectivity index (χ4v) is 2.78. The number of hydrogen-bond donors (Lipinski definition) is 2. The van der Waals surface area contributed by atoms with E-state index in [4.69, 9.17) is 4.74 Å². The average Bonchev–Trinajstić information content (AvgIpc) is 2.61. The van der Waals surface area contributed by atoms with Crippen LogP contribution in [0.15, 0.2) is 30.3 Å². The molecule has 0 aliphatic heterocycles. The molecule has 0 spiro atoms. The minimum Gasteiger partial charge on any atom is -0.480 e. The van der Waals surface area contributed by atoms with Crippen molar-refractivity contribution in [3.8, 4) is 0 Å². The van der Waals surface area contributed by atoms with Gasteiger partial charge in [0.2, 0.25) is 5.91 Å². The zero-order chi connectivity index (χ0) is 19.4. The van der Waals surface area contributed by atoms with E-state index < -0.39 is 12.0 Å². The normalized spacial score (nSPS) is 11.8. The van der Waals surface area contributed by atoms with E-state index in [0.717, 1.165) is 5.56 Å². The standard InChI is InChI=1S/C18H26N2O5S/c1-20(2)10-8-16(21)19-15(18(23)24)9-11-26-13-17(22)25-12-14-6-4-3-5-7-14/h3-7,15H,8-13H2,1-2H3,(H,19,21)(H,23,24). The second-order valence-electron chi connectivity index (χ2n) is 6.00. The molecule has 1 aromatic rings. The Morgan fingerprint density at radius 1 is 1.23 bits per heavy atom. The summed E-state index contributed by atoms with van der Waals surface area (Å²) in [6, 6.07) is 8.43. The minimum atomic E-state index is -1.07. The first-order chi connectivity index (χ1) is 12.4. The molecule has 0 fully saturated rings. The smallest absolute Gasteiger partial charge is 0.326 e. The topological polar surface area (TPSA) is 95.9 Å². The third kappa shape index (κ3) is 10.0. The molecule has 8 heteroatoms. The van der Waals surface area contributed by atoms with Gasteiger partial charge in [-0.05, 0) is 31.8 Å². The van der Waals surface area contributed by atoms with Crippen molar-refractivity contribution >= 4 is 29.6 Å². The molecule has 1 atom stereocenters. The van der Waals surface area contributed by atoms with Gasteiger partial charge in [0, 0.05) is 13.0 Å². The van der Waals surface area contributed by atoms with E-state index in [1.54, 1.807) is 0 Å². The van der Waals surface area contributed by atoms with Crippen molar-refractivity contribution in [3.05, 3.63) is 35.9 Å². The molecule has 1 amide bonds. The maximum absolute atomic E-state index is 11.7. The molecule has 0 radical (unpaired) electrons. The Balaban J connectivity index is 2.22. The molecule has 7 nitrogen and oxygen atoms in total. The number of carbonyl (C=O) groups excluding carboxylic acids is 2. The molecule has 144 valence electrons. The molecule has 0 aromatic heterocycles. The van der Waals surface area contributed by atoms with Crippen LogP contribution in [0.25, 0.3) is 0 Å². The number of benzene rings is 1. The number of esters is 1. The van der Waals surface area contributed by atoms with Crippen LogP contribution in [0.5, 0.6) is 0 Å². The molecular weight excluding hydrogens is 356 g/mol. The van der Waals surface area contributed by atoms with Gasteiger partial charge < -0.3 is 20.1 Å². The largest absolute Gasteiger partial charge is 0.480 e. The van der Waals surface area contributed by atoms with Crippen LogP contribution in [0.4, 0.5) is 0 Å². The van der Waals surface area contributed by atoms with E-state index >= 15 is 0 Å². The zero-order valence-electron chi connectivity index (χ0n) is 15.1. The Kier molecular flexibility index (Phi) is 10.4. The van der Waals surface area contributed by atoms with Gasteiger partial charge in [-0.1, -0.05) is 30.3 Å². The molecule has 0 saturated carbocycles. The number of carbonyl (C=O) groups is 3. The summed E-state index contributed by atoms with van der Waals surface area (Å²) in [5.41, 5.74) is 0.914.